The quantitative estimate of drug-likeness (QED) is 0.719. The molecule has 0 bridgehead atoms. The SMILES string of the molecule is O=C(NC1C2Cc3cc(F)ccc3C21)N[C@@H]1C[C@H]1c1cnn(-c2ccccc2)c1. The lowest BCUT2D eigenvalue weighted by molar-refractivity contribution is 0.239. The topological polar surface area (TPSA) is 59.0 Å². The summed E-state index contributed by atoms with van der Waals surface area (Å²) in [6.45, 7) is 0. The molecule has 3 unspecified atom stereocenters. The lowest BCUT2D eigenvalue weighted by Crippen LogP contribution is -2.39. The summed E-state index contributed by atoms with van der Waals surface area (Å²) in [4.78, 5) is 12.4. The van der Waals surface area contributed by atoms with Gasteiger partial charge in [-0.05, 0) is 59.7 Å². The van der Waals surface area contributed by atoms with Crippen LogP contribution >= 0.6 is 0 Å². The van der Waals surface area contributed by atoms with Crippen molar-refractivity contribution in [1.29, 1.82) is 0 Å². The number of hydrogen-bond acceptors (Lipinski definition) is 2. The summed E-state index contributed by atoms with van der Waals surface area (Å²) >= 11 is 0. The maximum atomic E-state index is 13.4. The first-order valence-corrected chi connectivity index (χ1v) is 10.1. The van der Waals surface area contributed by atoms with Gasteiger partial charge in [0.15, 0.2) is 0 Å². The van der Waals surface area contributed by atoms with Crippen LogP contribution in [0.1, 0.15) is 34.9 Å². The van der Waals surface area contributed by atoms with Gasteiger partial charge < -0.3 is 10.6 Å². The average molecular weight is 388 g/mol. The molecule has 3 aliphatic rings. The van der Waals surface area contributed by atoms with Crippen molar-refractivity contribution in [3.05, 3.63) is 83.4 Å². The van der Waals surface area contributed by atoms with Crippen molar-refractivity contribution < 1.29 is 9.18 Å². The fourth-order valence-electron chi connectivity index (χ4n) is 4.91. The number of rotatable bonds is 4. The third-order valence-electron chi connectivity index (χ3n) is 6.54. The van der Waals surface area contributed by atoms with E-state index in [0.29, 0.717) is 17.8 Å². The summed E-state index contributed by atoms with van der Waals surface area (Å²) in [5, 5.41) is 10.7. The molecular weight excluding hydrogens is 367 g/mol. The van der Waals surface area contributed by atoms with Crippen molar-refractivity contribution >= 4 is 6.03 Å². The second-order valence-electron chi connectivity index (χ2n) is 8.38. The first-order chi connectivity index (χ1) is 14.2. The third kappa shape index (κ3) is 2.90. The highest BCUT2D eigenvalue weighted by Gasteiger charge is 2.56. The maximum Gasteiger partial charge on any atom is 0.315 e. The molecule has 0 aliphatic heterocycles. The molecule has 1 heterocycles. The van der Waals surface area contributed by atoms with Crippen molar-refractivity contribution in [2.75, 3.05) is 0 Å². The number of benzene rings is 2. The molecule has 6 heteroatoms. The molecule has 2 N–H and O–H groups in total. The van der Waals surface area contributed by atoms with Crippen molar-refractivity contribution in [2.45, 2.75) is 36.8 Å². The Labute approximate surface area is 167 Å². The number of hydrogen-bond donors (Lipinski definition) is 2. The van der Waals surface area contributed by atoms with Gasteiger partial charge in [-0.2, -0.15) is 5.10 Å². The molecule has 5 nitrogen and oxygen atoms in total. The molecule has 146 valence electrons. The van der Waals surface area contributed by atoms with Gasteiger partial charge in [-0.15, -0.1) is 0 Å². The minimum Gasteiger partial charge on any atom is -0.335 e. The smallest absolute Gasteiger partial charge is 0.315 e. The Morgan fingerprint density at radius 2 is 2.00 bits per heavy atom. The highest BCUT2D eigenvalue weighted by molar-refractivity contribution is 5.76. The zero-order valence-corrected chi connectivity index (χ0v) is 15.8. The fourth-order valence-corrected chi connectivity index (χ4v) is 4.91. The van der Waals surface area contributed by atoms with E-state index in [1.54, 1.807) is 6.07 Å². The van der Waals surface area contributed by atoms with E-state index < -0.39 is 0 Å². The fraction of sp³-hybridized carbons (Fsp3) is 0.304. The number of urea groups is 1. The molecule has 3 aliphatic carbocycles. The molecule has 2 amide bonds. The van der Waals surface area contributed by atoms with Crippen LogP contribution in [-0.2, 0) is 6.42 Å². The number of halogens is 1. The third-order valence-corrected chi connectivity index (χ3v) is 6.54. The Morgan fingerprint density at radius 3 is 2.86 bits per heavy atom. The van der Waals surface area contributed by atoms with E-state index in [9.17, 15) is 9.18 Å². The highest BCUT2D eigenvalue weighted by atomic mass is 19.1. The van der Waals surface area contributed by atoms with E-state index in [1.807, 2.05) is 53.5 Å². The number of fused-ring (bicyclic) bond motifs is 3. The summed E-state index contributed by atoms with van der Waals surface area (Å²) in [7, 11) is 0. The van der Waals surface area contributed by atoms with Crippen LogP contribution in [0, 0.1) is 11.7 Å². The van der Waals surface area contributed by atoms with Crippen molar-refractivity contribution in [1.82, 2.24) is 20.4 Å². The average Bonchev–Trinajstić information content (AvgIpc) is 3.49. The lowest BCUT2D eigenvalue weighted by atomic mass is 10.0. The predicted molar refractivity (Wildman–Crippen MR) is 107 cm³/mol. The largest absolute Gasteiger partial charge is 0.335 e. The molecule has 2 fully saturated rings. The summed E-state index contributed by atoms with van der Waals surface area (Å²) < 4.78 is 15.2. The Hall–Kier alpha value is -3.15. The first-order valence-electron chi connectivity index (χ1n) is 10.1. The van der Waals surface area contributed by atoms with Gasteiger partial charge in [-0.1, -0.05) is 24.3 Å². The lowest BCUT2D eigenvalue weighted by Gasteiger charge is -2.11. The summed E-state index contributed by atoms with van der Waals surface area (Å²) in [5.74, 6) is 0.899. The molecule has 3 aromatic rings. The first kappa shape index (κ1) is 16.8. The zero-order chi connectivity index (χ0) is 19.5. The normalized spacial score (nSPS) is 28.4. The van der Waals surface area contributed by atoms with Gasteiger partial charge in [0.2, 0.25) is 0 Å². The van der Waals surface area contributed by atoms with Gasteiger partial charge in [-0.25, -0.2) is 13.9 Å². The van der Waals surface area contributed by atoms with E-state index >= 15 is 0 Å². The van der Waals surface area contributed by atoms with Gasteiger partial charge in [0.05, 0.1) is 11.9 Å². The highest BCUT2D eigenvalue weighted by Crippen LogP contribution is 2.56. The molecule has 6 rings (SSSR count). The molecule has 2 saturated carbocycles. The molecule has 0 saturated heterocycles. The van der Waals surface area contributed by atoms with E-state index in [-0.39, 0.29) is 23.9 Å². The second-order valence-corrected chi connectivity index (χ2v) is 8.38. The van der Waals surface area contributed by atoms with Crippen LogP contribution in [0.3, 0.4) is 0 Å². The number of aromatic nitrogens is 2. The molecule has 0 radical (unpaired) electrons. The van der Waals surface area contributed by atoms with E-state index in [4.69, 9.17) is 0 Å². The number of amides is 2. The van der Waals surface area contributed by atoms with Crippen LogP contribution in [0.15, 0.2) is 60.9 Å². The predicted octanol–water partition coefficient (Wildman–Crippen LogP) is 3.50. The van der Waals surface area contributed by atoms with E-state index in [0.717, 1.165) is 29.7 Å². The van der Waals surface area contributed by atoms with Crippen LogP contribution in [0.5, 0.6) is 0 Å². The van der Waals surface area contributed by atoms with Gasteiger partial charge in [-0.3, -0.25) is 0 Å². The monoisotopic (exact) mass is 388 g/mol. The summed E-state index contributed by atoms with van der Waals surface area (Å²) in [6.07, 6.45) is 5.72. The van der Waals surface area contributed by atoms with Crippen molar-refractivity contribution in [3.8, 4) is 5.69 Å². The van der Waals surface area contributed by atoms with Crippen LogP contribution in [0.4, 0.5) is 9.18 Å². The molecule has 0 spiro atoms. The standard InChI is InChI=1S/C23H21FN4O/c24-15-6-7-17-13(8-15)9-19-21(17)22(19)27-23(29)26-20-10-18(20)14-11-25-28(12-14)16-4-2-1-3-5-16/h1-8,11-12,18-22H,9-10H2,(H2,26,27,29)/t18-,19?,20+,21?,22?/m0/s1. The number of nitrogens with zero attached hydrogens (tertiary/aromatic N) is 2. The Morgan fingerprint density at radius 1 is 1.14 bits per heavy atom. The minimum atomic E-state index is -0.178. The van der Waals surface area contributed by atoms with Crippen molar-refractivity contribution in [2.24, 2.45) is 5.92 Å². The van der Waals surface area contributed by atoms with E-state index in [2.05, 4.69) is 15.7 Å². The number of carbonyl (C=O) groups excluding carboxylic acids is 1. The minimum absolute atomic E-state index is 0.101. The summed E-state index contributed by atoms with van der Waals surface area (Å²) in [6, 6.07) is 15.2. The Bertz CT molecular complexity index is 1100. The molecule has 29 heavy (non-hydrogen) atoms. The zero-order valence-electron chi connectivity index (χ0n) is 15.8. The molecule has 2 aromatic carbocycles. The van der Waals surface area contributed by atoms with Gasteiger partial charge in [0.25, 0.3) is 0 Å². The van der Waals surface area contributed by atoms with Crippen LogP contribution in [-0.4, -0.2) is 27.9 Å². The number of carbonyl (C=O) groups is 1. The van der Waals surface area contributed by atoms with Crippen LogP contribution in [0.2, 0.25) is 0 Å². The van der Waals surface area contributed by atoms with Gasteiger partial charge in [0.1, 0.15) is 5.82 Å². The van der Waals surface area contributed by atoms with Crippen LogP contribution in [0.25, 0.3) is 5.69 Å². The maximum absolute atomic E-state index is 13.4. The molecule has 5 atom stereocenters. The van der Waals surface area contributed by atoms with Crippen molar-refractivity contribution in [3.63, 3.8) is 0 Å². The Balaban J connectivity index is 1.04. The molecule has 1 aromatic heterocycles. The molecular formula is C23H21FN4O. The van der Waals surface area contributed by atoms with Gasteiger partial charge in [0, 0.05) is 30.1 Å². The Kier molecular flexibility index (Phi) is 3.57. The number of para-hydroxylation sites is 1. The second kappa shape index (κ2) is 6.17. The van der Waals surface area contributed by atoms with Crippen LogP contribution < -0.4 is 10.6 Å². The number of nitrogens with one attached hydrogen (secondary N) is 2. The van der Waals surface area contributed by atoms with E-state index in [1.165, 1.54) is 11.6 Å². The summed E-state index contributed by atoms with van der Waals surface area (Å²) in [5.41, 5.74) is 4.47. The van der Waals surface area contributed by atoms with Gasteiger partial charge >= 0.3 is 6.03 Å².